The fourth-order valence-corrected chi connectivity index (χ4v) is 2.68. The van der Waals surface area contributed by atoms with Crippen LogP contribution >= 0.6 is 24.0 Å². The number of carbonyl (C=O) groups is 3. The Bertz CT molecular complexity index is 520. The summed E-state index contributed by atoms with van der Waals surface area (Å²) in [6, 6.07) is -0.367. The molecule has 0 aliphatic carbocycles. The minimum absolute atomic E-state index is 0. The molecule has 0 bridgehead atoms. The molecule has 0 atom stereocenters. The van der Waals surface area contributed by atoms with Gasteiger partial charge in [-0.25, -0.2) is 9.59 Å². The van der Waals surface area contributed by atoms with E-state index in [2.05, 4.69) is 20.5 Å². The first-order valence-electron chi connectivity index (χ1n) is 8.60. The summed E-state index contributed by atoms with van der Waals surface area (Å²) in [5.41, 5.74) is 0. The standard InChI is InChI=1S/C15H26N6O4.HI/c1-3-16-13(17-5-6-21-12(22)11-18-14(21)23)19-7-9-20(10-8-19)15(24)25-4-2;/h3-11H2,1-2H3,(H,16,17)(H,18,23);1H. The van der Waals surface area contributed by atoms with Gasteiger partial charge in [-0.15, -0.1) is 24.0 Å². The molecule has 2 saturated heterocycles. The van der Waals surface area contributed by atoms with Crippen LogP contribution in [-0.2, 0) is 9.53 Å². The monoisotopic (exact) mass is 482 g/mol. The number of hydrogen-bond acceptors (Lipinski definition) is 5. The van der Waals surface area contributed by atoms with Crippen molar-refractivity contribution in [3.8, 4) is 0 Å². The molecule has 2 rings (SSSR count). The predicted octanol–water partition coefficient (Wildman–Crippen LogP) is -0.104. The van der Waals surface area contributed by atoms with Crippen molar-refractivity contribution in [1.29, 1.82) is 0 Å². The van der Waals surface area contributed by atoms with E-state index < -0.39 is 0 Å². The number of nitrogens with one attached hydrogen (secondary N) is 2. The quantitative estimate of drug-likeness (QED) is 0.245. The number of piperazine rings is 1. The zero-order valence-corrected chi connectivity index (χ0v) is 17.5. The fourth-order valence-electron chi connectivity index (χ4n) is 2.68. The van der Waals surface area contributed by atoms with Crippen LogP contribution in [0.5, 0.6) is 0 Å². The first-order valence-corrected chi connectivity index (χ1v) is 8.60. The van der Waals surface area contributed by atoms with Gasteiger partial charge in [0.05, 0.1) is 26.2 Å². The van der Waals surface area contributed by atoms with Crippen LogP contribution in [0.25, 0.3) is 0 Å². The largest absolute Gasteiger partial charge is 0.450 e. The predicted molar refractivity (Wildman–Crippen MR) is 107 cm³/mol. The first kappa shape index (κ1) is 22.3. The number of nitrogens with zero attached hydrogens (tertiary/aromatic N) is 4. The lowest BCUT2D eigenvalue weighted by Crippen LogP contribution is -2.54. The topological polar surface area (TPSA) is 107 Å². The second kappa shape index (κ2) is 11.0. The molecular formula is C15H27IN6O4. The van der Waals surface area contributed by atoms with Crippen LogP contribution in [0.15, 0.2) is 4.99 Å². The van der Waals surface area contributed by atoms with E-state index in [0.717, 1.165) is 5.96 Å². The van der Waals surface area contributed by atoms with Gasteiger partial charge in [-0.3, -0.25) is 14.7 Å². The zero-order chi connectivity index (χ0) is 18.2. The maximum atomic E-state index is 11.7. The highest BCUT2D eigenvalue weighted by atomic mass is 127. The zero-order valence-electron chi connectivity index (χ0n) is 15.2. The number of imide groups is 1. The average Bonchev–Trinajstić information content (AvgIpc) is 2.93. The molecule has 2 N–H and O–H groups in total. The minimum Gasteiger partial charge on any atom is -0.450 e. The smallest absolute Gasteiger partial charge is 0.409 e. The lowest BCUT2D eigenvalue weighted by Gasteiger charge is -2.36. The summed E-state index contributed by atoms with van der Waals surface area (Å²) in [4.78, 5) is 44.2. The average molecular weight is 482 g/mol. The lowest BCUT2D eigenvalue weighted by molar-refractivity contribution is -0.124. The molecule has 0 radical (unpaired) electrons. The van der Waals surface area contributed by atoms with Gasteiger partial charge in [0.15, 0.2) is 5.96 Å². The summed E-state index contributed by atoms with van der Waals surface area (Å²) in [7, 11) is 0. The van der Waals surface area contributed by atoms with Crippen LogP contribution in [0.3, 0.4) is 0 Å². The van der Waals surface area contributed by atoms with E-state index in [1.54, 1.807) is 11.8 Å². The van der Waals surface area contributed by atoms with Crippen LogP contribution in [0.4, 0.5) is 9.59 Å². The van der Waals surface area contributed by atoms with Crippen LogP contribution in [0.2, 0.25) is 0 Å². The minimum atomic E-state index is -0.367. The number of urea groups is 1. The second-order valence-corrected chi connectivity index (χ2v) is 5.61. The van der Waals surface area contributed by atoms with Crippen LogP contribution in [-0.4, -0.2) is 97.7 Å². The highest BCUT2D eigenvalue weighted by Gasteiger charge is 2.28. The lowest BCUT2D eigenvalue weighted by atomic mass is 10.3. The number of carbonyl (C=O) groups excluding carboxylic acids is 3. The summed E-state index contributed by atoms with van der Waals surface area (Å²) in [6.07, 6.45) is -0.289. The van der Waals surface area contributed by atoms with Crippen molar-refractivity contribution in [2.45, 2.75) is 13.8 Å². The number of guanidine groups is 1. The molecule has 11 heteroatoms. The number of halogens is 1. The summed E-state index contributed by atoms with van der Waals surface area (Å²) >= 11 is 0. The van der Waals surface area contributed by atoms with Crippen molar-refractivity contribution < 1.29 is 19.1 Å². The third-order valence-corrected chi connectivity index (χ3v) is 3.96. The number of amides is 4. The third-order valence-electron chi connectivity index (χ3n) is 3.96. The first-order chi connectivity index (χ1) is 12.1. The van der Waals surface area contributed by atoms with E-state index in [1.807, 2.05) is 6.92 Å². The van der Waals surface area contributed by atoms with Crippen LogP contribution in [0, 0.1) is 0 Å². The van der Waals surface area contributed by atoms with E-state index in [9.17, 15) is 14.4 Å². The van der Waals surface area contributed by atoms with Gasteiger partial charge in [0.25, 0.3) is 0 Å². The summed E-state index contributed by atoms with van der Waals surface area (Å²) in [6.45, 7) is 7.90. The van der Waals surface area contributed by atoms with Gasteiger partial charge in [-0.1, -0.05) is 0 Å². The molecule has 4 amide bonds. The van der Waals surface area contributed by atoms with E-state index in [4.69, 9.17) is 4.74 Å². The van der Waals surface area contributed by atoms with Crippen molar-refractivity contribution in [3.63, 3.8) is 0 Å². The van der Waals surface area contributed by atoms with E-state index in [0.29, 0.717) is 45.9 Å². The Kier molecular flexibility index (Phi) is 9.44. The summed E-state index contributed by atoms with van der Waals surface area (Å²) in [5.74, 6) is 0.492. The van der Waals surface area contributed by atoms with Crippen molar-refractivity contribution in [2.75, 3.05) is 59.0 Å². The number of ether oxygens (including phenoxy) is 1. The van der Waals surface area contributed by atoms with Gasteiger partial charge < -0.3 is 25.2 Å². The molecule has 2 aliphatic rings. The Morgan fingerprint density at radius 1 is 1.19 bits per heavy atom. The summed E-state index contributed by atoms with van der Waals surface area (Å²) in [5, 5.41) is 5.69. The fraction of sp³-hybridized carbons (Fsp3) is 0.733. The molecule has 0 unspecified atom stereocenters. The molecule has 0 aromatic heterocycles. The molecule has 10 nitrogen and oxygen atoms in total. The molecule has 0 saturated carbocycles. The highest BCUT2D eigenvalue weighted by molar-refractivity contribution is 14.0. The van der Waals surface area contributed by atoms with Gasteiger partial charge in [0.2, 0.25) is 5.91 Å². The molecule has 0 spiro atoms. The normalized spacial score (nSPS) is 17.8. The Morgan fingerprint density at radius 2 is 1.85 bits per heavy atom. The molecule has 2 aliphatic heterocycles. The Balaban J connectivity index is 0.00000338. The van der Waals surface area contributed by atoms with Crippen molar-refractivity contribution in [2.24, 2.45) is 4.99 Å². The molecular weight excluding hydrogens is 455 g/mol. The van der Waals surface area contributed by atoms with E-state index in [-0.39, 0.29) is 55.1 Å². The van der Waals surface area contributed by atoms with Gasteiger partial charge in [0, 0.05) is 32.7 Å². The van der Waals surface area contributed by atoms with Crippen LogP contribution in [0.1, 0.15) is 13.8 Å². The van der Waals surface area contributed by atoms with Gasteiger partial charge in [0.1, 0.15) is 0 Å². The van der Waals surface area contributed by atoms with Crippen LogP contribution < -0.4 is 10.6 Å². The number of hydrogen-bond donors (Lipinski definition) is 2. The van der Waals surface area contributed by atoms with Crippen molar-refractivity contribution in [3.05, 3.63) is 0 Å². The molecule has 148 valence electrons. The second-order valence-electron chi connectivity index (χ2n) is 5.61. The Morgan fingerprint density at radius 3 is 2.38 bits per heavy atom. The van der Waals surface area contributed by atoms with Gasteiger partial charge >= 0.3 is 12.1 Å². The molecule has 26 heavy (non-hydrogen) atoms. The highest BCUT2D eigenvalue weighted by Crippen LogP contribution is 2.05. The van der Waals surface area contributed by atoms with Gasteiger partial charge in [-0.05, 0) is 13.8 Å². The number of aliphatic imine (C=N–C) groups is 1. The van der Waals surface area contributed by atoms with E-state index in [1.165, 1.54) is 4.90 Å². The molecule has 2 fully saturated rings. The molecule has 2 heterocycles. The number of rotatable bonds is 5. The Labute approximate surface area is 170 Å². The van der Waals surface area contributed by atoms with E-state index >= 15 is 0 Å². The Hall–Kier alpha value is -1.79. The van der Waals surface area contributed by atoms with Gasteiger partial charge in [-0.2, -0.15) is 0 Å². The third kappa shape index (κ3) is 5.88. The van der Waals surface area contributed by atoms with Crippen molar-refractivity contribution >= 4 is 48.0 Å². The SMILES string of the molecule is CCNC(=NCCN1C(=O)CNC1=O)N1CCN(C(=O)OCC)CC1.I. The maximum absolute atomic E-state index is 11.7. The summed E-state index contributed by atoms with van der Waals surface area (Å²) < 4.78 is 5.01. The molecule has 0 aromatic carbocycles. The maximum Gasteiger partial charge on any atom is 0.409 e. The van der Waals surface area contributed by atoms with Crippen molar-refractivity contribution in [1.82, 2.24) is 25.3 Å². The molecule has 0 aromatic rings.